The van der Waals surface area contributed by atoms with Crippen LogP contribution in [0.3, 0.4) is 0 Å². The molecule has 1 aliphatic rings. The van der Waals surface area contributed by atoms with Crippen LogP contribution in [0.5, 0.6) is 0 Å². The van der Waals surface area contributed by atoms with Gasteiger partial charge in [-0.1, -0.05) is 0 Å². The predicted octanol–water partition coefficient (Wildman–Crippen LogP) is 1.08. The van der Waals surface area contributed by atoms with Crippen LogP contribution in [0.1, 0.15) is 23.3 Å². The molecule has 0 radical (unpaired) electrons. The summed E-state index contributed by atoms with van der Waals surface area (Å²) in [6, 6.07) is 0. The normalized spacial score (nSPS) is 20.5. The number of nitrogens with one attached hydrogen (secondary N) is 2. The molecule has 0 bridgehead atoms. The summed E-state index contributed by atoms with van der Waals surface area (Å²) in [5.74, 6) is -0.158. The number of hydrogen-bond donors (Lipinski definition) is 2. The molecule has 1 amide bonds. The Morgan fingerprint density at radius 2 is 2.67 bits per heavy atom. The average Bonchev–Trinajstić information content (AvgIpc) is 2.84. The Hall–Kier alpha value is -0.880. The van der Waals surface area contributed by atoms with Crippen LogP contribution in [-0.4, -0.2) is 35.4 Å². The average molecular weight is 274 g/mol. The molecular formula is C9H12BrN3O2. The molecule has 1 aliphatic heterocycles. The van der Waals surface area contributed by atoms with E-state index in [-0.39, 0.29) is 12.0 Å². The number of hydrogen-bond acceptors (Lipinski definition) is 3. The van der Waals surface area contributed by atoms with Gasteiger partial charge in [0.25, 0.3) is 5.91 Å². The van der Waals surface area contributed by atoms with Crippen LogP contribution in [-0.2, 0) is 4.74 Å². The molecule has 0 aromatic carbocycles. The molecule has 1 aromatic heterocycles. The quantitative estimate of drug-likeness (QED) is 0.866. The molecule has 1 atom stereocenters. The molecule has 15 heavy (non-hydrogen) atoms. The molecule has 2 heterocycles. The van der Waals surface area contributed by atoms with Crippen LogP contribution in [0.15, 0.2) is 10.7 Å². The van der Waals surface area contributed by atoms with E-state index in [2.05, 4.69) is 31.4 Å². The fourth-order valence-corrected chi connectivity index (χ4v) is 1.90. The summed E-state index contributed by atoms with van der Waals surface area (Å²) < 4.78 is 6.07. The van der Waals surface area contributed by atoms with Gasteiger partial charge < -0.3 is 10.1 Å². The summed E-state index contributed by atoms with van der Waals surface area (Å²) in [4.78, 5) is 11.6. The summed E-state index contributed by atoms with van der Waals surface area (Å²) in [6.07, 6.45) is 3.82. The number of carbonyl (C=O) groups is 1. The third kappa shape index (κ3) is 2.57. The number of amides is 1. The number of H-pyrrole nitrogens is 1. The molecule has 0 saturated carbocycles. The van der Waals surface area contributed by atoms with E-state index in [0.717, 1.165) is 19.4 Å². The molecule has 82 valence electrons. The largest absolute Gasteiger partial charge is 0.376 e. The van der Waals surface area contributed by atoms with Crippen molar-refractivity contribution < 1.29 is 9.53 Å². The van der Waals surface area contributed by atoms with Crippen LogP contribution < -0.4 is 5.32 Å². The number of rotatable bonds is 3. The zero-order chi connectivity index (χ0) is 10.7. The molecule has 6 heteroatoms. The fourth-order valence-electron chi connectivity index (χ4n) is 1.53. The van der Waals surface area contributed by atoms with Crippen molar-refractivity contribution in [1.29, 1.82) is 0 Å². The first kappa shape index (κ1) is 10.6. The lowest BCUT2D eigenvalue weighted by Gasteiger charge is -2.09. The highest BCUT2D eigenvalue weighted by Crippen LogP contribution is 2.13. The van der Waals surface area contributed by atoms with Crippen molar-refractivity contribution >= 4 is 21.8 Å². The number of nitrogens with zero attached hydrogens (tertiary/aromatic N) is 1. The van der Waals surface area contributed by atoms with Crippen LogP contribution >= 0.6 is 15.9 Å². The van der Waals surface area contributed by atoms with Crippen molar-refractivity contribution in [2.45, 2.75) is 18.9 Å². The molecule has 5 nitrogen and oxygen atoms in total. The summed E-state index contributed by atoms with van der Waals surface area (Å²) >= 11 is 3.23. The molecular weight excluding hydrogens is 262 g/mol. The van der Waals surface area contributed by atoms with Crippen molar-refractivity contribution in [3.05, 3.63) is 16.4 Å². The SMILES string of the molecule is O=C(NC[C@H]1CCCO1)c1[nH]ncc1Br. The number of carbonyl (C=O) groups excluding carboxylic acids is 1. The number of aromatic nitrogens is 2. The van der Waals surface area contributed by atoms with Crippen molar-refractivity contribution in [3.63, 3.8) is 0 Å². The van der Waals surface area contributed by atoms with Crippen LogP contribution in [0.25, 0.3) is 0 Å². The second-order valence-electron chi connectivity index (χ2n) is 3.44. The smallest absolute Gasteiger partial charge is 0.270 e. The Balaban J connectivity index is 1.84. The van der Waals surface area contributed by atoms with E-state index in [1.54, 1.807) is 6.20 Å². The molecule has 1 fully saturated rings. The summed E-state index contributed by atoms with van der Waals surface area (Å²) in [5.41, 5.74) is 0.452. The standard InChI is InChI=1S/C9H12BrN3O2/c10-7-5-12-13-8(7)9(14)11-4-6-2-1-3-15-6/h5-6H,1-4H2,(H,11,14)(H,12,13)/t6-/m1/s1. The third-order valence-corrected chi connectivity index (χ3v) is 2.94. The minimum atomic E-state index is -0.158. The minimum Gasteiger partial charge on any atom is -0.376 e. The Bertz CT molecular complexity index is 347. The molecule has 1 saturated heterocycles. The maximum absolute atomic E-state index is 11.6. The van der Waals surface area contributed by atoms with E-state index >= 15 is 0 Å². The van der Waals surface area contributed by atoms with Crippen molar-refractivity contribution in [2.75, 3.05) is 13.2 Å². The lowest BCUT2D eigenvalue weighted by atomic mass is 10.2. The maximum atomic E-state index is 11.6. The highest BCUT2D eigenvalue weighted by Gasteiger charge is 2.18. The second-order valence-corrected chi connectivity index (χ2v) is 4.29. The summed E-state index contributed by atoms with van der Waals surface area (Å²) in [6.45, 7) is 1.36. The van der Waals surface area contributed by atoms with Gasteiger partial charge in [0.1, 0.15) is 5.69 Å². The second kappa shape index (κ2) is 4.76. The van der Waals surface area contributed by atoms with Gasteiger partial charge in [0.05, 0.1) is 16.8 Å². The predicted molar refractivity (Wildman–Crippen MR) is 57.6 cm³/mol. The van der Waals surface area contributed by atoms with Crippen molar-refractivity contribution in [3.8, 4) is 0 Å². The fraction of sp³-hybridized carbons (Fsp3) is 0.556. The van der Waals surface area contributed by atoms with E-state index in [1.165, 1.54) is 0 Å². The van der Waals surface area contributed by atoms with Gasteiger partial charge in [-0.3, -0.25) is 9.89 Å². The third-order valence-electron chi connectivity index (χ3n) is 2.33. The molecule has 1 aromatic rings. The first-order valence-electron chi connectivity index (χ1n) is 4.86. The molecule has 0 unspecified atom stereocenters. The molecule has 0 spiro atoms. The van der Waals surface area contributed by atoms with E-state index in [9.17, 15) is 4.79 Å². The van der Waals surface area contributed by atoms with Gasteiger partial charge in [-0.25, -0.2) is 0 Å². The Kier molecular flexibility index (Phi) is 3.37. The summed E-state index contributed by atoms with van der Waals surface area (Å²) in [5, 5.41) is 9.19. The minimum absolute atomic E-state index is 0.158. The number of ether oxygens (including phenoxy) is 1. The molecule has 0 aliphatic carbocycles. The molecule has 2 rings (SSSR count). The van der Waals surface area contributed by atoms with Crippen molar-refractivity contribution in [1.82, 2.24) is 15.5 Å². The molecule has 2 N–H and O–H groups in total. The topological polar surface area (TPSA) is 67.0 Å². The van der Waals surface area contributed by atoms with Gasteiger partial charge in [-0.15, -0.1) is 0 Å². The zero-order valence-corrected chi connectivity index (χ0v) is 9.71. The Morgan fingerprint density at radius 1 is 1.80 bits per heavy atom. The number of aromatic amines is 1. The van der Waals surface area contributed by atoms with E-state index < -0.39 is 0 Å². The highest BCUT2D eigenvalue weighted by molar-refractivity contribution is 9.10. The lowest BCUT2D eigenvalue weighted by molar-refractivity contribution is 0.0853. The van der Waals surface area contributed by atoms with Gasteiger partial charge >= 0.3 is 0 Å². The van der Waals surface area contributed by atoms with Crippen LogP contribution in [0, 0.1) is 0 Å². The first-order valence-corrected chi connectivity index (χ1v) is 5.65. The monoisotopic (exact) mass is 273 g/mol. The van der Waals surface area contributed by atoms with Gasteiger partial charge in [0.2, 0.25) is 0 Å². The lowest BCUT2D eigenvalue weighted by Crippen LogP contribution is -2.32. The Morgan fingerprint density at radius 3 is 3.27 bits per heavy atom. The maximum Gasteiger partial charge on any atom is 0.270 e. The first-order chi connectivity index (χ1) is 7.27. The van der Waals surface area contributed by atoms with Gasteiger partial charge in [-0.05, 0) is 28.8 Å². The summed E-state index contributed by atoms with van der Waals surface area (Å²) in [7, 11) is 0. The van der Waals surface area contributed by atoms with E-state index in [1.807, 2.05) is 0 Å². The van der Waals surface area contributed by atoms with Gasteiger partial charge in [-0.2, -0.15) is 5.10 Å². The zero-order valence-electron chi connectivity index (χ0n) is 8.12. The van der Waals surface area contributed by atoms with E-state index in [4.69, 9.17) is 4.74 Å². The van der Waals surface area contributed by atoms with Crippen molar-refractivity contribution in [2.24, 2.45) is 0 Å². The van der Waals surface area contributed by atoms with Gasteiger partial charge in [0.15, 0.2) is 0 Å². The number of halogens is 1. The Labute approximate surface area is 95.7 Å². The van der Waals surface area contributed by atoms with E-state index in [0.29, 0.717) is 16.7 Å². The van der Waals surface area contributed by atoms with Crippen LogP contribution in [0.2, 0.25) is 0 Å². The van der Waals surface area contributed by atoms with Crippen LogP contribution in [0.4, 0.5) is 0 Å². The highest BCUT2D eigenvalue weighted by atomic mass is 79.9. The van der Waals surface area contributed by atoms with Gasteiger partial charge in [0, 0.05) is 13.2 Å².